The summed E-state index contributed by atoms with van der Waals surface area (Å²) in [4.78, 5) is 8.07. The summed E-state index contributed by atoms with van der Waals surface area (Å²) in [5.41, 5.74) is 8.07. The molecule has 0 nitrogen and oxygen atoms in total. The molecule has 0 aromatic carbocycles. The molecule has 0 aliphatic carbocycles. The number of hydrogen-bond acceptors (Lipinski definition) is 5. The first kappa shape index (κ1) is 22.8. The van der Waals surface area contributed by atoms with Crippen molar-refractivity contribution in [2.75, 3.05) is 0 Å². The highest BCUT2D eigenvalue weighted by Gasteiger charge is 2.16. The van der Waals surface area contributed by atoms with Gasteiger partial charge >= 0.3 is 0 Å². The first-order valence-electron chi connectivity index (χ1n) is 10.7. The average molecular weight is 521 g/mol. The third-order valence-electron chi connectivity index (χ3n) is 5.65. The van der Waals surface area contributed by atoms with Crippen molar-refractivity contribution in [2.24, 2.45) is 0 Å². The average Bonchev–Trinajstić information content (AvgIpc) is 3.59. The minimum Gasteiger partial charge on any atom is -0.143 e. The van der Waals surface area contributed by atoms with E-state index in [1.165, 1.54) is 62.7 Å². The molecule has 0 saturated carbocycles. The zero-order valence-electron chi connectivity index (χ0n) is 19.0. The van der Waals surface area contributed by atoms with Crippen LogP contribution in [0.1, 0.15) is 51.5 Å². The van der Waals surface area contributed by atoms with Crippen molar-refractivity contribution in [1.82, 2.24) is 0 Å². The minimum atomic E-state index is 1.29. The second-order valence-corrected chi connectivity index (χ2v) is 12.9. The Kier molecular flexibility index (Phi) is 6.68. The molecule has 0 spiro atoms. The van der Waals surface area contributed by atoms with Gasteiger partial charge in [-0.2, -0.15) is 0 Å². The molecule has 0 fully saturated rings. The van der Waals surface area contributed by atoms with Crippen molar-refractivity contribution in [2.45, 2.75) is 27.7 Å². The third-order valence-corrected chi connectivity index (χ3v) is 10.8. The Morgan fingerprint density at radius 1 is 0.485 bits per heavy atom. The van der Waals surface area contributed by atoms with Crippen molar-refractivity contribution in [3.05, 3.63) is 109 Å². The van der Waals surface area contributed by atoms with Crippen LogP contribution in [0.5, 0.6) is 0 Å². The molecule has 5 rings (SSSR count). The van der Waals surface area contributed by atoms with Gasteiger partial charge in [-0.15, -0.1) is 56.7 Å². The van der Waals surface area contributed by atoms with Crippen molar-refractivity contribution in [3.63, 3.8) is 0 Å². The summed E-state index contributed by atoms with van der Waals surface area (Å²) in [7, 11) is 0. The van der Waals surface area contributed by atoms with Gasteiger partial charge in [-0.1, -0.05) is 0 Å². The maximum atomic E-state index is 2.38. The Labute approximate surface area is 215 Å². The van der Waals surface area contributed by atoms with Crippen molar-refractivity contribution in [1.29, 1.82) is 0 Å². The number of hydrogen-bond donors (Lipinski definition) is 0. The van der Waals surface area contributed by atoms with Gasteiger partial charge in [0.1, 0.15) is 0 Å². The highest BCUT2D eigenvalue weighted by molar-refractivity contribution is 7.16. The lowest BCUT2D eigenvalue weighted by Crippen LogP contribution is -1.86. The lowest BCUT2D eigenvalue weighted by atomic mass is 10.1. The van der Waals surface area contributed by atoms with E-state index in [2.05, 4.69) is 97.8 Å². The fourth-order valence-corrected chi connectivity index (χ4v) is 8.70. The fourth-order valence-electron chi connectivity index (χ4n) is 3.87. The summed E-state index contributed by atoms with van der Waals surface area (Å²) in [5, 5.41) is 8.79. The first-order valence-corrected chi connectivity index (χ1v) is 15.1. The van der Waals surface area contributed by atoms with Gasteiger partial charge in [-0.3, -0.25) is 0 Å². The van der Waals surface area contributed by atoms with E-state index in [9.17, 15) is 0 Å². The van der Waals surface area contributed by atoms with Gasteiger partial charge in [-0.05, 0) is 120 Å². The predicted molar refractivity (Wildman–Crippen MR) is 154 cm³/mol. The maximum Gasteiger partial charge on any atom is 0.0386 e. The van der Waals surface area contributed by atoms with E-state index in [0.29, 0.717) is 0 Å². The zero-order valence-corrected chi connectivity index (χ0v) is 23.1. The largest absolute Gasteiger partial charge is 0.143 e. The highest BCUT2D eigenvalue weighted by atomic mass is 32.1. The van der Waals surface area contributed by atoms with Crippen LogP contribution in [0.4, 0.5) is 0 Å². The summed E-state index contributed by atoms with van der Waals surface area (Å²) < 4.78 is 0. The van der Waals surface area contributed by atoms with Crippen LogP contribution >= 0.6 is 56.7 Å². The fraction of sp³-hybridized carbons (Fsp3) is 0.143. The molecule has 0 N–H and O–H groups in total. The molecular weight excluding hydrogens is 497 g/mol. The third kappa shape index (κ3) is 4.66. The molecule has 5 heteroatoms. The molecule has 0 bridgehead atoms. The number of thiophene rings is 5. The van der Waals surface area contributed by atoms with Crippen LogP contribution in [0.15, 0.2) is 57.9 Å². The van der Waals surface area contributed by atoms with Crippen molar-refractivity contribution < 1.29 is 0 Å². The normalized spacial score (nSPS) is 11.0. The smallest absolute Gasteiger partial charge is 0.0386 e. The standard InChI is InChI=1S/C28H24S5/c1-17-7-11-29-25(17)23(26-18(2)8-12-30-26)15-21-5-6-22(33-21)16-24(27-19(3)9-13-31-27)28-20(4)10-14-32-28/h5-16H,1-4H3. The molecular formula is C28H24S5. The SMILES string of the molecule is Cc1ccsc1C(=Cc1ccc(C=C(c2sccc2C)c2sccc2C)s1)c1sccc1C. The van der Waals surface area contributed by atoms with Gasteiger partial charge in [0, 0.05) is 40.4 Å². The van der Waals surface area contributed by atoms with E-state index in [-0.39, 0.29) is 0 Å². The maximum absolute atomic E-state index is 2.38. The molecule has 0 amide bonds. The lowest BCUT2D eigenvalue weighted by molar-refractivity contribution is 1.49. The van der Waals surface area contributed by atoms with Gasteiger partial charge in [-0.25, -0.2) is 0 Å². The monoisotopic (exact) mass is 520 g/mol. The molecule has 5 aromatic rings. The Morgan fingerprint density at radius 2 is 0.788 bits per heavy atom. The van der Waals surface area contributed by atoms with Gasteiger partial charge in [0.15, 0.2) is 0 Å². The lowest BCUT2D eigenvalue weighted by Gasteiger charge is -2.07. The summed E-state index contributed by atoms with van der Waals surface area (Å²) >= 11 is 9.21. The van der Waals surface area contributed by atoms with Crippen LogP contribution in [0.25, 0.3) is 23.3 Å². The Morgan fingerprint density at radius 3 is 1.03 bits per heavy atom. The summed E-state index contributed by atoms with van der Waals surface area (Å²) in [6.45, 7) is 8.85. The second-order valence-electron chi connectivity index (χ2n) is 8.09. The summed E-state index contributed by atoms with van der Waals surface area (Å²) in [6.07, 6.45) is 4.76. The van der Waals surface area contributed by atoms with Gasteiger partial charge in [0.25, 0.3) is 0 Å². The van der Waals surface area contributed by atoms with Crippen LogP contribution in [0.3, 0.4) is 0 Å². The quantitative estimate of drug-likeness (QED) is 0.209. The molecule has 0 atom stereocenters. The zero-order chi connectivity index (χ0) is 22.9. The molecule has 33 heavy (non-hydrogen) atoms. The van der Waals surface area contributed by atoms with Crippen LogP contribution < -0.4 is 0 Å². The predicted octanol–water partition coefficient (Wildman–Crippen LogP) is 10.4. The van der Waals surface area contributed by atoms with E-state index >= 15 is 0 Å². The van der Waals surface area contributed by atoms with Gasteiger partial charge < -0.3 is 0 Å². The first-order chi connectivity index (χ1) is 16.0. The minimum absolute atomic E-state index is 1.29. The molecule has 0 aliphatic heterocycles. The van der Waals surface area contributed by atoms with Crippen molar-refractivity contribution >= 4 is 80.0 Å². The van der Waals surface area contributed by atoms with E-state index in [4.69, 9.17) is 0 Å². The summed E-state index contributed by atoms with van der Waals surface area (Å²) in [6, 6.07) is 13.4. The van der Waals surface area contributed by atoms with Crippen LogP contribution in [0, 0.1) is 27.7 Å². The summed E-state index contributed by atoms with van der Waals surface area (Å²) in [5.74, 6) is 0. The second kappa shape index (κ2) is 9.69. The number of rotatable bonds is 6. The molecule has 0 aliphatic rings. The Bertz CT molecular complexity index is 1260. The van der Waals surface area contributed by atoms with Gasteiger partial charge in [0.05, 0.1) is 0 Å². The molecule has 0 unspecified atom stereocenters. The Balaban J connectivity index is 1.59. The molecule has 5 aromatic heterocycles. The van der Waals surface area contributed by atoms with E-state index < -0.39 is 0 Å². The molecule has 0 saturated heterocycles. The topological polar surface area (TPSA) is 0 Å². The van der Waals surface area contributed by atoms with Crippen LogP contribution in [0.2, 0.25) is 0 Å². The van der Waals surface area contributed by atoms with Gasteiger partial charge in [0.2, 0.25) is 0 Å². The van der Waals surface area contributed by atoms with Crippen LogP contribution in [-0.2, 0) is 0 Å². The van der Waals surface area contributed by atoms with E-state index in [1.807, 2.05) is 56.7 Å². The van der Waals surface area contributed by atoms with E-state index in [0.717, 1.165) is 0 Å². The van der Waals surface area contributed by atoms with Crippen molar-refractivity contribution in [3.8, 4) is 0 Å². The van der Waals surface area contributed by atoms with Crippen LogP contribution in [-0.4, -0.2) is 0 Å². The molecule has 5 heterocycles. The highest BCUT2D eigenvalue weighted by Crippen LogP contribution is 2.40. The molecule has 166 valence electrons. The Hall–Kier alpha value is -2.02. The number of aryl methyl sites for hydroxylation is 4. The van der Waals surface area contributed by atoms with E-state index in [1.54, 1.807) is 0 Å². The molecule has 0 radical (unpaired) electrons.